The minimum atomic E-state index is -0.454. The van der Waals surface area contributed by atoms with E-state index in [-0.39, 0.29) is 40.7 Å². The van der Waals surface area contributed by atoms with Gasteiger partial charge in [-0.05, 0) is 156 Å². The molecule has 0 aliphatic heterocycles. The predicted molar refractivity (Wildman–Crippen MR) is 221 cm³/mol. The molecule has 11 atom stereocenters. The first-order chi connectivity index (χ1) is 26.7. The number of methoxy groups -OCH3 is 1. The Balaban J connectivity index is 1.20. The van der Waals surface area contributed by atoms with E-state index in [1.54, 1.807) is 7.11 Å². The fraction of sp³-hybridized carbons (Fsp3) is 0.708. The van der Waals surface area contributed by atoms with Crippen LogP contribution >= 0.6 is 0 Å². The number of hydrogen-bond acceptors (Lipinski definition) is 7. The fourth-order valence-electron chi connectivity index (χ4n) is 13.2. The lowest BCUT2D eigenvalue weighted by molar-refractivity contribution is -0.182. The van der Waals surface area contributed by atoms with E-state index in [9.17, 15) is 14.4 Å². The molecule has 1 aromatic heterocycles. The standard InChI is InChI=1S/C48H69N3O5/c1-30(2)31(3)43-38-14-15-42-46(5)20-17-37(56-44(54)39-26-34(29-53)32(39)4)27-35(46)16-19-47(42,6)40(38)18-21-48(43,22-25-52)45-49-28-41(51(45)24-23-50(7)8)33-10-12-36(55-9)13-11-33/h10-13,25,28-30,32,34-35,37-40,42H,14-24,26-27H2,1-9H3/b43-31+. The quantitative estimate of drug-likeness (QED) is 0.121. The maximum absolute atomic E-state index is 13.2. The van der Waals surface area contributed by atoms with Gasteiger partial charge in [0.05, 0.1) is 30.3 Å². The molecule has 1 aromatic carbocycles. The van der Waals surface area contributed by atoms with Gasteiger partial charge in [-0.15, -0.1) is 0 Å². The summed E-state index contributed by atoms with van der Waals surface area (Å²) in [5.41, 5.74) is 5.12. The number of rotatable bonds is 12. The first kappa shape index (κ1) is 40.9. The van der Waals surface area contributed by atoms with Gasteiger partial charge in [0.15, 0.2) is 0 Å². The van der Waals surface area contributed by atoms with Crippen molar-refractivity contribution in [2.45, 2.75) is 130 Å². The largest absolute Gasteiger partial charge is 0.497 e. The molecule has 0 amide bonds. The first-order valence-corrected chi connectivity index (χ1v) is 21.9. The van der Waals surface area contributed by atoms with Gasteiger partial charge < -0.3 is 28.5 Å². The normalized spacial score (nSPS) is 37.5. The van der Waals surface area contributed by atoms with E-state index in [0.29, 0.717) is 42.4 Å². The molecule has 306 valence electrons. The van der Waals surface area contributed by atoms with Crippen molar-refractivity contribution in [1.82, 2.24) is 14.5 Å². The van der Waals surface area contributed by atoms with Gasteiger partial charge >= 0.3 is 5.97 Å². The van der Waals surface area contributed by atoms with E-state index in [2.05, 4.69) is 76.5 Å². The molecule has 0 bridgehead atoms. The predicted octanol–water partition coefficient (Wildman–Crippen LogP) is 9.35. The molecule has 8 heteroatoms. The number of likely N-dealkylation sites (N-methyl/N-ethyl adjacent to an activating group) is 1. The number of benzene rings is 1. The molecule has 11 unspecified atom stereocenters. The number of carbonyl (C=O) groups is 3. The van der Waals surface area contributed by atoms with Crippen LogP contribution in [0.15, 0.2) is 41.6 Å². The Morgan fingerprint density at radius 1 is 1.00 bits per heavy atom. The number of esters is 1. The Labute approximate surface area is 336 Å². The maximum Gasteiger partial charge on any atom is 0.309 e. The molecule has 0 spiro atoms. The van der Waals surface area contributed by atoms with Crippen LogP contribution in [0.25, 0.3) is 11.3 Å². The van der Waals surface area contributed by atoms with E-state index in [0.717, 1.165) is 80.7 Å². The average molecular weight is 768 g/mol. The molecule has 0 N–H and O–H groups in total. The van der Waals surface area contributed by atoms with Crippen molar-refractivity contribution >= 4 is 18.5 Å². The van der Waals surface area contributed by atoms with Gasteiger partial charge in [0.2, 0.25) is 0 Å². The summed E-state index contributed by atoms with van der Waals surface area (Å²) in [5.74, 6) is 4.27. The molecule has 7 rings (SSSR count). The highest BCUT2D eigenvalue weighted by Crippen LogP contribution is 2.70. The average Bonchev–Trinajstić information content (AvgIpc) is 3.61. The number of ether oxygens (including phenoxy) is 2. The summed E-state index contributed by atoms with van der Waals surface area (Å²) in [6.07, 6.45) is 15.1. The molecule has 8 nitrogen and oxygen atoms in total. The van der Waals surface area contributed by atoms with Crippen LogP contribution in [0.1, 0.15) is 118 Å². The Morgan fingerprint density at radius 3 is 2.38 bits per heavy atom. The van der Waals surface area contributed by atoms with E-state index in [1.807, 2.05) is 19.1 Å². The van der Waals surface area contributed by atoms with Crippen molar-refractivity contribution in [3.8, 4) is 17.0 Å². The van der Waals surface area contributed by atoms with Crippen LogP contribution in [-0.2, 0) is 31.1 Å². The van der Waals surface area contributed by atoms with Gasteiger partial charge in [-0.2, -0.15) is 0 Å². The zero-order valence-corrected chi connectivity index (χ0v) is 35.8. The van der Waals surface area contributed by atoms with Crippen LogP contribution in [0.3, 0.4) is 0 Å². The van der Waals surface area contributed by atoms with Crippen LogP contribution < -0.4 is 4.74 Å². The number of fused-ring (bicyclic) bond motifs is 5. The SMILES string of the molecule is COc1ccc(-c2cnc(C3(CC=O)CCC4C(CCC5C6(C)CCC(OC(=O)C7CC(C=O)C7C)CC6CCC45C)/C3=C(/C)C(C)C)n2CCN(C)C)cc1. The van der Waals surface area contributed by atoms with Crippen molar-refractivity contribution in [2.24, 2.45) is 58.2 Å². The van der Waals surface area contributed by atoms with Crippen molar-refractivity contribution in [3.63, 3.8) is 0 Å². The van der Waals surface area contributed by atoms with Crippen molar-refractivity contribution in [2.75, 3.05) is 27.7 Å². The summed E-state index contributed by atoms with van der Waals surface area (Å²) >= 11 is 0. The van der Waals surface area contributed by atoms with Crippen LogP contribution in [0.2, 0.25) is 0 Å². The smallest absolute Gasteiger partial charge is 0.309 e. The third-order valence-corrected chi connectivity index (χ3v) is 16.7. The van der Waals surface area contributed by atoms with Gasteiger partial charge in [-0.1, -0.05) is 45.8 Å². The second-order valence-electron chi connectivity index (χ2n) is 19.8. The fourth-order valence-corrected chi connectivity index (χ4v) is 13.2. The van der Waals surface area contributed by atoms with Gasteiger partial charge in [0.25, 0.3) is 0 Å². The molecule has 5 aliphatic carbocycles. The topological polar surface area (TPSA) is 90.7 Å². The van der Waals surface area contributed by atoms with Gasteiger partial charge in [-0.3, -0.25) is 4.79 Å². The molecular weight excluding hydrogens is 699 g/mol. The number of hydrogen-bond donors (Lipinski definition) is 0. The summed E-state index contributed by atoms with van der Waals surface area (Å²) < 4.78 is 14.2. The van der Waals surface area contributed by atoms with Crippen LogP contribution in [0.4, 0.5) is 0 Å². The molecule has 0 saturated heterocycles. The molecular formula is C48H69N3O5. The Morgan fingerprint density at radius 2 is 1.73 bits per heavy atom. The van der Waals surface area contributed by atoms with E-state index >= 15 is 0 Å². The molecule has 5 saturated carbocycles. The highest BCUT2D eigenvalue weighted by molar-refractivity contribution is 5.76. The minimum Gasteiger partial charge on any atom is -0.497 e. The number of imidazole rings is 1. The highest BCUT2D eigenvalue weighted by atomic mass is 16.5. The second-order valence-corrected chi connectivity index (χ2v) is 19.8. The molecule has 5 aliphatic rings. The summed E-state index contributed by atoms with van der Waals surface area (Å²) in [7, 11) is 5.95. The zero-order chi connectivity index (χ0) is 40.2. The van der Waals surface area contributed by atoms with Crippen LogP contribution in [0, 0.1) is 58.2 Å². The third-order valence-electron chi connectivity index (χ3n) is 16.7. The number of allylic oxidation sites excluding steroid dienone is 2. The molecule has 0 radical (unpaired) electrons. The van der Waals surface area contributed by atoms with E-state index in [4.69, 9.17) is 14.5 Å². The van der Waals surface area contributed by atoms with Gasteiger partial charge in [0.1, 0.15) is 30.3 Å². The van der Waals surface area contributed by atoms with Crippen molar-refractivity contribution < 1.29 is 23.9 Å². The van der Waals surface area contributed by atoms with Gasteiger partial charge in [-0.25, -0.2) is 4.98 Å². The zero-order valence-electron chi connectivity index (χ0n) is 35.8. The van der Waals surface area contributed by atoms with Crippen molar-refractivity contribution in [1.29, 1.82) is 0 Å². The molecule has 56 heavy (non-hydrogen) atoms. The Bertz CT molecular complexity index is 1800. The summed E-state index contributed by atoms with van der Waals surface area (Å²) in [4.78, 5) is 45.1. The molecule has 2 aromatic rings. The highest BCUT2D eigenvalue weighted by Gasteiger charge is 2.63. The second kappa shape index (κ2) is 15.8. The van der Waals surface area contributed by atoms with Crippen LogP contribution in [-0.4, -0.2) is 66.8 Å². The summed E-state index contributed by atoms with van der Waals surface area (Å²) in [5, 5.41) is 0. The van der Waals surface area contributed by atoms with Gasteiger partial charge in [0, 0.05) is 31.0 Å². The summed E-state index contributed by atoms with van der Waals surface area (Å²) in [6.45, 7) is 15.9. The lowest BCUT2D eigenvalue weighted by Crippen LogP contribution is -2.60. The van der Waals surface area contributed by atoms with Crippen LogP contribution in [0.5, 0.6) is 5.75 Å². The monoisotopic (exact) mass is 768 g/mol. The number of nitrogens with zero attached hydrogens (tertiary/aromatic N) is 3. The van der Waals surface area contributed by atoms with E-state index < -0.39 is 5.41 Å². The number of carbonyl (C=O) groups excluding carboxylic acids is 3. The summed E-state index contributed by atoms with van der Waals surface area (Å²) in [6, 6.07) is 8.29. The first-order valence-electron chi connectivity index (χ1n) is 21.9. The Hall–Kier alpha value is -3.26. The third kappa shape index (κ3) is 6.81. The molecule has 1 heterocycles. The lowest BCUT2D eigenvalue weighted by atomic mass is 9.38. The molecule has 5 fully saturated rings. The van der Waals surface area contributed by atoms with Crippen molar-refractivity contribution in [3.05, 3.63) is 47.4 Å². The number of aldehydes is 2. The van der Waals surface area contributed by atoms with E-state index in [1.165, 1.54) is 36.7 Å². The Kier molecular flexibility index (Phi) is 11.6. The maximum atomic E-state index is 13.2. The number of aromatic nitrogens is 2. The minimum absolute atomic E-state index is 0.00178. The lowest BCUT2D eigenvalue weighted by Gasteiger charge is -2.66.